The molecule has 7 nitrogen and oxygen atoms in total. The van der Waals surface area contributed by atoms with Gasteiger partial charge in [0, 0.05) is 16.7 Å². The van der Waals surface area contributed by atoms with Gasteiger partial charge in [0.2, 0.25) is 6.29 Å². The summed E-state index contributed by atoms with van der Waals surface area (Å²) in [6.45, 7) is 16.6. The molecule has 1 heterocycles. The molecule has 1 saturated heterocycles. The Kier molecular flexibility index (Phi) is 7.11. The van der Waals surface area contributed by atoms with Crippen molar-refractivity contribution in [3.05, 3.63) is 36.5 Å². The maximum absolute atomic E-state index is 11.9. The Morgan fingerprint density at radius 1 is 0.840 bits per heavy atom. The van der Waals surface area contributed by atoms with Gasteiger partial charge in [-0.1, -0.05) is 26.7 Å². The molecule has 0 aromatic heterocycles. The van der Waals surface area contributed by atoms with Crippen LogP contribution in [-0.2, 0) is 33.3 Å². The first-order valence-electron chi connectivity index (χ1n) is 7.75. The van der Waals surface area contributed by atoms with E-state index < -0.39 is 42.3 Å². The lowest BCUT2D eigenvalue weighted by Crippen LogP contribution is -2.53. The zero-order valence-electron chi connectivity index (χ0n) is 15.0. The number of rotatable bonds is 6. The molecule has 25 heavy (non-hydrogen) atoms. The van der Waals surface area contributed by atoms with E-state index in [2.05, 4.69) is 19.7 Å². The molecule has 1 aliphatic rings. The molecule has 1 fully saturated rings. The first-order chi connectivity index (χ1) is 11.5. The van der Waals surface area contributed by atoms with Gasteiger partial charge in [0.1, 0.15) is 6.10 Å². The standard InChI is InChI=1S/C18H24O7/c1-9(2)15(19)23-13-8-22-18(25-17(21)11(5)6)12(7)14(13)24-16(20)10(3)4/h12-14,18H,1,3,5,8H2,2,4,6-7H3/t12?,13-,14+,18?/m1/s1. The van der Waals surface area contributed by atoms with E-state index in [1.165, 1.54) is 20.8 Å². The molecular formula is C18H24O7. The second-order valence-corrected chi connectivity index (χ2v) is 6.12. The van der Waals surface area contributed by atoms with Crippen LogP contribution in [0.5, 0.6) is 0 Å². The maximum Gasteiger partial charge on any atom is 0.335 e. The number of esters is 3. The molecule has 138 valence electrons. The summed E-state index contributed by atoms with van der Waals surface area (Å²) >= 11 is 0. The molecule has 0 saturated carbocycles. The smallest absolute Gasteiger partial charge is 0.335 e. The molecule has 0 spiro atoms. The summed E-state index contributed by atoms with van der Waals surface area (Å²) in [5.41, 5.74) is 0.606. The fourth-order valence-corrected chi connectivity index (χ4v) is 2.02. The molecule has 0 bridgehead atoms. The largest absolute Gasteiger partial charge is 0.454 e. The van der Waals surface area contributed by atoms with Crippen molar-refractivity contribution in [3.63, 3.8) is 0 Å². The van der Waals surface area contributed by atoms with Crippen molar-refractivity contribution in [2.24, 2.45) is 5.92 Å². The zero-order valence-corrected chi connectivity index (χ0v) is 15.0. The van der Waals surface area contributed by atoms with Crippen LogP contribution in [0.3, 0.4) is 0 Å². The molecule has 0 amide bonds. The Labute approximate surface area is 147 Å². The van der Waals surface area contributed by atoms with Gasteiger partial charge in [0.25, 0.3) is 0 Å². The first kappa shape index (κ1) is 20.6. The Hall–Kier alpha value is -2.41. The van der Waals surface area contributed by atoms with E-state index in [1.807, 2.05) is 0 Å². The van der Waals surface area contributed by atoms with Crippen molar-refractivity contribution in [2.75, 3.05) is 6.61 Å². The number of hydrogen-bond acceptors (Lipinski definition) is 7. The van der Waals surface area contributed by atoms with Gasteiger partial charge in [-0.15, -0.1) is 0 Å². The minimum absolute atomic E-state index is 0.106. The van der Waals surface area contributed by atoms with Gasteiger partial charge in [-0.2, -0.15) is 0 Å². The Morgan fingerprint density at radius 2 is 1.28 bits per heavy atom. The van der Waals surface area contributed by atoms with E-state index in [0.29, 0.717) is 0 Å². The van der Waals surface area contributed by atoms with Crippen LogP contribution in [0, 0.1) is 5.92 Å². The molecule has 2 unspecified atom stereocenters. The third-order valence-electron chi connectivity index (χ3n) is 3.51. The van der Waals surface area contributed by atoms with Crippen LogP contribution in [0.1, 0.15) is 27.7 Å². The number of hydrogen-bond donors (Lipinski definition) is 0. The predicted molar refractivity (Wildman–Crippen MR) is 89.2 cm³/mol. The third-order valence-corrected chi connectivity index (χ3v) is 3.51. The van der Waals surface area contributed by atoms with Crippen molar-refractivity contribution in [1.29, 1.82) is 0 Å². The molecule has 0 N–H and O–H groups in total. The first-order valence-corrected chi connectivity index (χ1v) is 7.75. The van der Waals surface area contributed by atoms with Gasteiger partial charge in [-0.3, -0.25) is 0 Å². The van der Waals surface area contributed by atoms with E-state index in [9.17, 15) is 14.4 Å². The van der Waals surface area contributed by atoms with Crippen LogP contribution in [0.15, 0.2) is 36.5 Å². The van der Waals surface area contributed by atoms with E-state index in [-0.39, 0.29) is 23.3 Å². The van der Waals surface area contributed by atoms with Crippen LogP contribution >= 0.6 is 0 Å². The lowest BCUT2D eigenvalue weighted by atomic mass is 9.96. The Morgan fingerprint density at radius 3 is 1.76 bits per heavy atom. The van der Waals surface area contributed by atoms with E-state index in [4.69, 9.17) is 18.9 Å². The predicted octanol–water partition coefficient (Wildman–Crippen LogP) is 2.07. The zero-order chi connectivity index (χ0) is 19.3. The highest BCUT2D eigenvalue weighted by atomic mass is 16.7. The van der Waals surface area contributed by atoms with Crippen molar-refractivity contribution in [3.8, 4) is 0 Å². The monoisotopic (exact) mass is 352 g/mol. The lowest BCUT2D eigenvalue weighted by Gasteiger charge is -2.39. The van der Waals surface area contributed by atoms with Gasteiger partial charge < -0.3 is 18.9 Å². The average Bonchev–Trinajstić information content (AvgIpc) is 2.52. The van der Waals surface area contributed by atoms with Gasteiger partial charge in [-0.25, -0.2) is 14.4 Å². The SMILES string of the molecule is C=C(C)C(=O)OC1OC[C@@H](OC(=O)C(=C)C)[C@@H](OC(=O)C(=C)C)C1C. The third kappa shape index (κ3) is 5.56. The Bertz CT molecular complexity index is 605. The summed E-state index contributed by atoms with van der Waals surface area (Å²) < 4.78 is 21.4. The van der Waals surface area contributed by atoms with Gasteiger partial charge >= 0.3 is 17.9 Å². The van der Waals surface area contributed by atoms with Crippen LogP contribution in [0.25, 0.3) is 0 Å². The lowest BCUT2D eigenvalue weighted by molar-refractivity contribution is -0.248. The summed E-state index contributed by atoms with van der Waals surface area (Å²) in [6, 6.07) is 0. The minimum Gasteiger partial charge on any atom is -0.454 e. The maximum atomic E-state index is 11.9. The van der Waals surface area contributed by atoms with Crippen molar-refractivity contribution < 1.29 is 33.3 Å². The molecule has 1 aliphatic heterocycles. The minimum atomic E-state index is -0.966. The van der Waals surface area contributed by atoms with Crippen LogP contribution in [0.2, 0.25) is 0 Å². The summed E-state index contributed by atoms with van der Waals surface area (Å²) in [4.78, 5) is 35.4. The highest BCUT2D eigenvalue weighted by Crippen LogP contribution is 2.28. The van der Waals surface area contributed by atoms with Crippen molar-refractivity contribution >= 4 is 17.9 Å². The molecule has 0 radical (unpaired) electrons. The van der Waals surface area contributed by atoms with Crippen LogP contribution in [0.4, 0.5) is 0 Å². The second kappa shape index (κ2) is 8.62. The molecule has 0 aromatic rings. The summed E-state index contributed by atoms with van der Waals surface area (Å²) in [5, 5.41) is 0. The van der Waals surface area contributed by atoms with Crippen molar-refractivity contribution in [1.82, 2.24) is 0 Å². The van der Waals surface area contributed by atoms with E-state index in [0.717, 1.165) is 0 Å². The second-order valence-electron chi connectivity index (χ2n) is 6.12. The van der Waals surface area contributed by atoms with Crippen LogP contribution < -0.4 is 0 Å². The highest BCUT2D eigenvalue weighted by Gasteiger charge is 2.44. The molecular weight excluding hydrogens is 328 g/mol. The van der Waals surface area contributed by atoms with Crippen LogP contribution in [-0.4, -0.2) is 43.0 Å². The van der Waals surface area contributed by atoms with Crippen molar-refractivity contribution in [2.45, 2.75) is 46.2 Å². The summed E-state index contributed by atoms with van der Waals surface area (Å²) in [7, 11) is 0. The molecule has 0 aliphatic carbocycles. The number of ether oxygens (including phenoxy) is 4. The molecule has 4 atom stereocenters. The molecule has 0 aromatic carbocycles. The Balaban J connectivity index is 2.96. The fourth-order valence-electron chi connectivity index (χ4n) is 2.02. The summed E-state index contributed by atoms with van der Waals surface area (Å²) in [5.74, 6) is -2.47. The van der Waals surface area contributed by atoms with Gasteiger partial charge in [0.15, 0.2) is 6.10 Å². The van der Waals surface area contributed by atoms with E-state index in [1.54, 1.807) is 6.92 Å². The number of carbonyl (C=O) groups is 3. The quantitative estimate of drug-likeness (QED) is 0.411. The topological polar surface area (TPSA) is 88.1 Å². The molecule has 7 heteroatoms. The normalized spacial score (nSPS) is 25.4. The highest BCUT2D eigenvalue weighted by molar-refractivity contribution is 5.88. The van der Waals surface area contributed by atoms with E-state index >= 15 is 0 Å². The molecule has 1 rings (SSSR count). The van der Waals surface area contributed by atoms with Gasteiger partial charge in [0.05, 0.1) is 12.5 Å². The summed E-state index contributed by atoms with van der Waals surface area (Å²) in [6.07, 6.45) is -2.70. The number of carbonyl (C=O) groups excluding carboxylic acids is 3. The fraction of sp³-hybridized carbons (Fsp3) is 0.500. The average molecular weight is 352 g/mol. The van der Waals surface area contributed by atoms with Gasteiger partial charge in [-0.05, 0) is 20.8 Å².